The van der Waals surface area contributed by atoms with Crippen LogP contribution in [-0.4, -0.2) is 36.1 Å². The predicted molar refractivity (Wildman–Crippen MR) is 113 cm³/mol. The van der Waals surface area contributed by atoms with Crippen LogP contribution in [0.25, 0.3) is 0 Å². The van der Waals surface area contributed by atoms with Crippen molar-refractivity contribution in [3.63, 3.8) is 0 Å². The lowest BCUT2D eigenvalue weighted by atomic mass is 10.1. The number of hydrogen-bond donors (Lipinski definition) is 1. The van der Waals surface area contributed by atoms with Crippen LogP contribution in [0.5, 0.6) is 5.75 Å². The quantitative estimate of drug-likeness (QED) is 0.334. The minimum atomic E-state index is -0.987. The maximum atomic E-state index is 14.6. The standard InChI is InChI=1S/C21H20BrFN2O5/c1-3-10-29-20(27)13-30-19-9-8-17(24-14(2)26)11-18(19)21(28)25(23)12-15-4-6-16(22)7-5-15/h3-9,11H,1,10,12-13H2,2H3,(H,24,26). The Labute approximate surface area is 181 Å². The molecule has 0 saturated heterocycles. The number of rotatable bonds is 9. The number of halogens is 2. The van der Waals surface area contributed by atoms with Crippen LogP contribution in [0, 0.1) is 0 Å². The third kappa shape index (κ3) is 7.00. The van der Waals surface area contributed by atoms with Crippen LogP contribution in [0.1, 0.15) is 22.8 Å². The minimum absolute atomic E-state index is 0.0148. The smallest absolute Gasteiger partial charge is 0.344 e. The van der Waals surface area contributed by atoms with Crippen LogP contribution in [0.15, 0.2) is 59.6 Å². The summed E-state index contributed by atoms with van der Waals surface area (Å²) in [6, 6.07) is 10.9. The van der Waals surface area contributed by atoms with Gasteiger partial charge in [0.25, 0.3) is 5.91 Å². The van der Waals surface area contributed by atoms with E-state index in [0.29, 0.717) is 5.56 Å². The van der Waals surface area contributed by atoms with Crippen LogP contribution >= 0.6 is 15.9 Å². The summed E-state index contributed by atoms with van der Waals surface area (Å²) in [5.74, 6) is -2.05. The SMILES string of the molecule is C=CCOC(=O)COc1ccc(NC(C)=O)cc1C(=O)N(F)Cc1ccc(Br)cc1. The zero-order valence-electron chi connectivity index (χ0n) is 16.2. The second-order valence-electron chi connectivity index (χ2n) is 6.10. The molecule has 1 N–H and O–H groups in total. The summed E-state index contributed by atoms with van der Waals surface area (Å²) >= 11 is 3.29. The highest BCUT2D eigenvalue weighted by Crippen LogP contribution is 2.26. The monoisotopic (exact) mass is 478 g/mol. The van der Waals surface area contributed by atoms with Gasteiger partial charge in [-0.15, -0.1) is 0 Å². The number of amides is 2. The van der Waals surface area contributed by atoms with Gasteiger partial charge < -0.3 is 14.8 Å². The molecule has 0 saturated carbocycles. The molecule has 0 aliphatic rings. The Hall–Kier alpha value is -3.20. The summed E-state index contributed by atoms with van der Waals surface area (Å²) in [7, 11) is 0. The molecule has 7 nitrogen and oxygen atoms in total. The Bertz CT molecular complexity index is 933. The van der Waals surface area contributed by atoms with Gasteiger partial charge in [-0.3, -0.25) is 9.59 Å². The fourth-order valence-electron chi connectivity index (χ4n) is 2.39. The number of carbonyl (C=O) groups excluding carboxylic acids is 3. The molecular formula is C21H20BrFN2O5. The van der Waals surface area contributed by atoms with Crippen molar-refractivity contribution in [3.05, 3.63) is 70.7 Å². The van der Waals surface area contributed by atoms with Crippen molar-refractivity contribution in [2.45, 2.75) is 13.5 Å². The average molecular weight is 479 g/mol. The van der Waals surface area contributed by atoms with Gasteiger partial charge in [-0.05, 0) is 35.9 Å². The van der Waals surface area contributed by atoms with Gasteiger partial charge in [-0.2, -0.15) is 5.12 Å². The molecule has 0 fully saturated rings. The number of benzene rings is 2. The number of ether oxygens (including phenoxy) is 2. The van der Waals surface area contributed by atoms with Crippen molar-refractivity contribution < 1.29 is 28.3 Å². The van der Waals surface area contributed by atoms with Crippen LogP contribution in [0.2, 0.25) is 0 Å². The van der Waals surface area contributed by atoms with Gasteiger partial charge in [0.2, 0.25) is 5.91 Å². The first kappa shape index (κ1) is 23.1. The van der Waals surface area contributed by atoms with Crippen molar-refractivity contribution in [1.29, 1.82) is 0 Å². The number of hydrogen-bond acceptors (Lipinski definition) is 5. The van der Waals surface area contributed by atoms with Gasteiger partial charge in [-0.1, -0.05) is 45.2 Å². The van der Waals surface area contributed by atoms with Crippen LogP contribution in [-0.2, 0) is 20.9 Å². The maximum Gasteiger partial charge on any atom is 0.344 e. The van der Waals surface area contributed by atoms with E-state index in [1.165, 1.54) is 31.2 Å². The molecule has 2 rings (SSSR count). The molecule has 0 unspecified atom stereocenters. The average Bonchev–Trinajstić information content (AvgIpc) is 2.71. The molecule has 0 spiro atoms. The lowest BCUT2D eigenvalue weighted by Crippen LogP contribution is -2.24. The number of carbonyl (C=O) groups is 3. The lowest BCUT2D eigenvalue weighted by molar-refractivity contribution is -0.144. The summed E-state index contributed by atoms with van der Waals surface area (Å²) in [6.45, 7) is 3.98. The van der Waals surface area contributed by atoms with E-state index in [2.05, 4.69) is 27.8 Å². The molecule has 0 radical (unpaired) electrons. The van der Waals surface area contributed by atoms with Crippen molar-refractivity contribution in [1.82, 2.24) is 5.12 Å². The Morgan fingerprint density at radius 2 is 1.90 bits per heavy atom. The number of nitrogens with one attached hydrogen (secondary N) is 1. The highest BCUT2D eigenvalue weighted by molar-refractivity contribution is 9.10. The number of nitrogens with zero attached hydrogens (tertiary/aromatic N) is 1. The molecule has 0 atom stereocenters. The molecule has 0 aliphatic heterocycles. The summed E-state index contributed by atoms with van der Waals surface area (Å²) in [5.41, 5.74) is 0.699. The fraction of sp³-hybridized carbons (Fsp3) is 0.190. The third-order valence-electron chi connectivity index (χ3n) is 3.69. The van der Waals surface area contributed by atoms with E-state index in [9.17, 15) is 18.9 Å². The summed E-state index contributed by atoms with van der Waals surface area (Å²) in [4.78, 5) is 35.7. The highest BCUT2D eigenvalue weighted by Gasteiger charge is 2.22. The molecule has 9 heteroatoms. The van der Waals surface area contributed by atoms with Gasteiger partial charge in [0.05, 0.1) is 12.1 Å². The van der Waals surface area contributed by atoms with Gasteiger partial charge in [-0.25, -0.2) is 4.79 Å². The van der Waals surface area contributed by atoms with E-state index in [4.69, 9.17) is 9.47 Å². The van der Waals surface area contributed by atoms with Gasteiger partial charge >= 0.3 is 5.97 Å². The summed E-state index contributed by atoms with van der Waals surface area (Å²) in [6.07, 6.45) is 1.40. The zero-order valence-corrected chi connectivity index (χ0v) is 17.8. The second-order valence-corrected chi connectivity index (χ2v) is 7.02. The largest absolute Gasteiger partial charge is 0.481 e. The molecule has 0 heterocycles. The third-order valence-corrected chi connectivity index (χ3v) is 4.22. The Morgan fingerprint density at radius 3 is 2.53 bits per heavy atom. The molecule has 0 bridgehead atoms. The van der Waals surface area contributed by atoms with Crippen LogP contribution < -0.4 is 10.1 Å². The molecule has 30 heavy (non-hydrogen) atoms. The van der Waals surface area contributed by atoms with E-state index in [1.54, 1.807) is 24.3 Å². The first-order valence-electron chi connectivity index (χ1n) is 8.83. The summed E-state index contributed by atoms with van der Waals surface area (Å²) < 4.78 is 25.6. The molecule has 0 aromatic heterocycles. The lowest BCUT2D eigenvalue weighted by Gasteiger charge is -2.16. The first-order valence-corrected chi connectivity index (χ1v) is 9.62. The van der Waals surface area contributed by atoms with E-state index in [-0.39, 0.29) is 41.2 Å². The van der Waals surface area contributed by atoms with Crippen LogP contribution in [0.3, 0.4) is 0 Å². The van der Waals surface area contributed by atoms with Gasteiger partial charge in [0, 0.05) is 17.1 Å². The van der Waals surface area contributed by atoms with Crippen LogP contribution in [0.4, 0.5) is 10.2 Å². The van der Waals surface area contributed by atoms with Crippen molar-refractivity contribution in [2.75, 3.05) is 18.5 Å². The van der Waals surface area contributed by atoms with Crippen molar-refractivity contribution in [3.8, 4) is 5.75 Å². The Morgan fingerprint density at radius 1 is 1.20 bits per heavy atom. The van der Waals surface area contributed by atoms with Crippen molar-refractivity contribution >= 4 is 39.4 Å². The Kier molecular flexibility index (Phi) is 8.54. The minimum Gasteiger partial charge on any atom is -0.481 e. The van der Waals surface area contributed by atoms with E-state index < -0.39 is 18.5 Å². The van der Waals surface area contributed by atoms with Crippen molar-refractivity contribution in [2.24, 2.45) is 0 Å². The van der Waals surface area contributed by atoms with E-state index >= 15 is 0 Å². The molecule has 0 aliphatic carbocycles. The topological polar surface area (TPSA) is 84.9 Å². The van der Waals surface area contributed by atoms with E-state index in [0.717, 1.165) is 4.47 Å². The normalized spacial score (nSPS) is 10.1. The maximum absolute atomic E-state index is 14.6. The molecule has 2 aromatic rings. The first-order chi connectivity index (χ1) is 14.3. The fourth-order valence-corrected chi connectivity index (χ4v) is 2.65. The molecule has 158 valence electrons. The van der Waals surface area contributed by atoms with E-state index in [1.807, 2.05) is 0 Å². The molecule has 2 amide bonds. The van der Waals surface area contributed by atoms with Gasteiger partial charge in [0.15, 0.2) is 6.61 Å². The second kappa shape index (κ2) is 11.1. The molecular weight excluding hydrogens is 459 g/mol. The highest BCUT2D eigenvalue weighted by atomic mass is 79.9. The van der Waals surface area contributed by atoms with Gasteiger partial charge in [0.1, 0.15) is 12.4 Å². The summed E-state index contributed by atoms with van der Waals surface area (Å²) in [5, 5.41) is 2.55. The molecule has 2 aromatic carbocycles. The number of esters is 1. The zero-order chi connectivity index (χ0) is 22.1. The Balaban J connectivity index is 2.22. The number of anilines is 1. The predicted octanol–water partition coefficient (Wildman–Crippen LogP) is 4.04.